The number of hydrogen-bond donors (Lipinski definition) is 0. The minimum absolute atomic E-state index is 0.704. The molecule has 0 unspecified atom stereocenters. The Kier molecular flexibility index (Phi) is 7.90. The molecule has 11 rings (SSSR count). The van der Waals surface area contributed by atoms with Gasteiger partial charge in [-0.25, -0.2) is 9.97 Å². The monoisotopic (exact) mass is 748 g/mol. The molecule has 3 aromatic heterocycles. The first-order chi connectivity index (χ1) is 27.8. The van der Waals surface area contributed by atoms with Crippen molar-refractivity contribution in [1.82, 2.24) is 9.97 Å². The lowest BCUT2D eigenvalue weighted by Gasteiger charge is -2.17. The van der Waals surface area contributed by atoms with E-state index in [2.05, 4.69) is 194 Å². The van der Waals surface area contributed by atoms with Gasteiger partial charge < -0.3 is 0 Å². The van der Waals surface area contributed by atoms with E-state index in [0.29, 0.717) is 5.82 Å². The molecule has 0 saturated heterocycles. The molecule has 0 aliphatic rings. The average molecular weight is 749 g/mol. The van der Waals surface area contributed by atoms with E-state index in [1.807, 2.05) is 22.7 Å². The van der Waals surface area contributed by atoms with Crippen LogP contribution in [0.15, 0.2) is 194 Å². The van der Waals surface area contributed by atoms with E-state index >= 15 is 0 Å². The van der Waals surface area contributed by atoms with Crippen LogP contribution < -0.4 is 0 Å². The molecule has 0 bridgehead atoms. The fraction of sp³-hybridized carbons (Fsp3) is 0. The second kappa shape index (κ2) is 13.5. The molecule has 8 aromatic carbocycles. The van der Waals surface area contributed by atoms with Crippen molar-refractivity contribution in [2.45, 2.75) is 0 Å². The van der Waals surface area contributed by atoms with Gasteiger partial charge in [0.15, 0.2) is 5.82 Å². The van der Waals surface area contributed by atoms with Crippen LogP contribution >= 0.6 is 22.7 Å². The molecule has 0 aliphatic heterocycles. The molecule has 11 aromatic rings. The van der Waals surface area contributed by atoms with E-state index in [1.165, 1.54) is 51.5 Å². The standard InChI is InChI=1S/C52H32N2S2/c1-3-14-33(15-4-1)34-28-30-35(31-29-34)37-20-11-25-44(49(37)36-16-5-2-6-17-36)52-53-45(42-23-12-21-40-38-18-7-9-26-47(38)55-50(40)42)32-46(54-52)43-24-13-22-41-39-19-8-10-27-48(39)56-51(41)43/h1-32H. The molecule has 2 nitrogen and oxygen atoms in total. The summed E-state index contributed by atoms with van der Waals surface area (Å²) in [6.45, 7) is 0. The van der Waals surface area contributed by atoms with Crippen LogP contribution in [-0.2, 0) is 0 Å². The summed E-state index contributed by atoms with van der Waals surface area (Å²) in [7, 11) is 0. The van der Waals surface area contributed by atoms with Crippen molar-refractivity contribution in [3.05, 3.63) is 194 Å². The van der Waals surface area contributed by atoms with Crippen molar-refractivity contribution < 1.29 is 0 Å². The highest BCUT2D eigenvalue weighted by Gasteiger charge is 2.21. The number of fused-ring (bicyclic) bond motifs is 6. The fourth-order valence-corrected chi connectivity index (χ4v) is 10.6. The summed E-state index contributed by atoms with van der Waals surface area (Å²) in [4.78, 5) is 11.0. The largest absolute Gasteiger partial charge is 0.228 e. The van der Waals surface area contributed by atoms with E-state index in [0.717, 1.165) is 50.3 Å². The van der Waals surface area contributed by atoms with Crippen molar-refractivity contribution in [3.63, 3.8) is 0 Å². The maximum absolute atomic E-state index is 5.52. The van der Waals surface area contributed by atoms with Gasteiger partial charge in [0.05, 0.1) is 11.4 Å². The van der Waals surface area contributed by atoms with Crippen molar-refractivity contribution in [3.8, 4) is 67.3 Å². The van der Waals surface area contributed by atoms with Gasteiger partial charge in [0.2, 0.25) is 0 Å². The van der Waals surface area contributed by atoms with Crippen molar-refractivity contribution in [1.29, 1.82) is 0 Å². The first kappa shape index (κ1) is 32.7. The summed E-state index contributed by atoms with van der Waals surface area (Å²) >= 11 is 3.67. The Bertz CT molecular complexity index is 3100. The lowest BCUT2D eigenvalue weighted by Crippen LogP contribution is -1.99. The van der Waals surface area contributed by atoms with E-state index in [1.54, 1.807) is 0 Å². The molecule has 0 atom stereocenters. The molecular formula is C52H32N2S2. The summed E-state index contributed by atoms with van der Waals surface area (Å²) in [6.07, 6.45) is 0. The molecule has 3 heterocycles. The average Bonchev–Trinajstić information content (AvgIpc) is 3.85. The Morgan fingerprint density at radius 1 is 0.304 bits per heavy atom. The second-order valence-corrected chi connectivity index (χ2v) is 16.2. The number of rotatable bonds is 6. The van der Waals surface area contributed by atoms with Crippen LogP contribution in [0.25, 0.3) is 108 Å². The lowest BCUT2D eigenvalue weighted by molar-refractivity contribution is 1.19. The van der Waals surface area contributed by atoms with Crippen LogP contribution in [0.4, 0.5) is 0 Å². The van der Waals surface area contributed by atoms with Crippen LogP contribution in [0.5, 0.6) is 0 Å². The van der Waals surface area contributed by atoms with Gasteiger partial charge in [0.1, 0.15) is 0 Å². The van der Waals surface area contributed by atoms with Crippen molar-refractivity contribution >= 4 is 63.0 Å². The molecule has 4 heteroatoms. The normalized spacial score (nSPS) is 11.6. The zero-order valence-corrected chi connectivity index (χ0v) is 31.8. The molecule has 0 aliphatic carbocycles. The van der Waals surface area contributed by atoms with Gasteiger partial charge in [-0.3, -0.25) is 0 Å². The predicted molar refractivity (Wildman–Crippen MR) is 240 cm³/mol. The summed E-state index contributed by atoms with van der Waals surface area (Å²) < 4.78 is 5.02. The molecule has 0 spiro atoms. The SMILES string of the molecule is c1ccc(-c2ccc(-c3cccc(-c4nc(-c5cccc6c5sc5ccccc56)cc(-c5cccc6c5sc5ccccc56)n4)c3-c3ccccc3)cc2)cc1. The van der Waals surface area contributed by atoms with Gasteiger partial charge in [-0.2, -0.15) is 0 Å². The number of aromatic nitrogens is 2. The Balaban J connectivity index is 1.17. The summed E-state index contributed by atoms with van der Waals surface area (Å²) in [5.74, 6) is 0.704. The van der Waals surface area contributed by atoms with E-state index in [9.17, 15) is 0 Å². The highest BCUT2D eigenvalue weighted by atomic mass is 32.1. The van der Waals surface area contributed by atoms with Gasteiger partial charge in [-0.05, 0) is 46.0 Å². The molecule has 0 amide bonds. The van der Waals surface area contributed by atoms with Crippen LogP contribution in [0.2, 0.25) is 0 Å². The lowest BCUT2D eigenvalue weighted by atomic mass is 9.89. The predicted octanol–water partition coefficient (Wildman–Crippen LogP) is 15.2. The Labute approximate surface area is 332 Å². The zero-order chi connectivity index (χ0) is 37.0. The number of hydrogen-bond acceptors (Lipinski definition) is 4. The van der Waals surface area contributed by atoms with E-state index in [-0.39, 0.29) is 0 Å². The maximum Gasteiger partial charge on any atom is 0.161 e. The highest BCUT2D eigenvalue weighted by Crippen LogP contribution is 2.45. The zero-order valence-electron chi connectivity index (χ0n) is 30.2. The van der Waals surface area contributed by atoms with Crippen LogP contribution in [0.3, 0.4) is 0 Å². The summed E-state index contributed by atoms with van der Waals surface area (Å²) in [5.41, 5.74) is 12.0. The smallest absolute Gasteiger partial charge is 0.161 e. The third-order valence-corrected chi connectivity index (χ3v) is 13.2. The van der Waals surface area contributed by atoms with Crippen molar-refractivity contribution in [2.24, 2.45) is 0 Å². The first-order valence-corrected chi connectivity index (χ1v) is 20.5. The van der Waals surface area contributed by atoms with Gasteiger partial charge in [-0.15, -0.1) is 22.7 Å². The Hall–Kier alpha value is -6.72. The minimum Gasteiger partial charge on any atom is -0.228 e. The van der Waals surface area contributed by atoms with Crippen molar-refractivity contribution in [2.75, 3.05) is 0 Å². The van der Waals surface area contributed by atoms with Crippen LogP contribution in [0, 0.1) is 0 Å². The molecule has 0 N–H and O–H groups in total. The minimum atomic E-state index is 0.704. The van der Waals surface area contributed by atoms with Crippen LogP contribution in [0.1, 0.15) is 0 Å². The van der Waals surface area contributed by atoms with Gasteiger partial charge in [0, 0.05) is 62.6 Å². The van der Waals surface area contributed by atoms with Crippen LogP contribution in [-0.4, -0.2) is 9.97 Å². The second-order valence-electron chi connectivity index (χ2n) is 14.1. The van der Waals surface area contributed by atoms with Gasteiger partial charge in [-0.1, -0.05) is 176 Å². The molecule has 0 radical (unpaired) electrons. The first-order valence-electron chi connectivity index (χ1n) is 18.8. The quantitative estimate of drug-likeness (QED) is 0.169. The van der Waals surface area contributed by atoms with E-state index in [4.69, 9.17) is 9.97 Å². The fourth-order valence-electron chi connectivity index (χ4n) is 8.11. The molecule has 56 heavy (non-hydrogen) atoms. The third-order valence-electron chi connectivity index (χ3n) is 10.8. The van der Waals surface area contributed by atoms with E-state index < -0.39 is 0 Å². The van der Waals surface area contributed by atoms with Gasteiger partial charge in [0.25, 0.3) is 0 Å². The molecule has 0 fully saturated rings. The van der Waals surface area contributed by atoms with Gasteiger partial charge >= 0.3 is 0 Å². The number of thiophene rings is 2. The maximum atomic E-state index is 5.52. The molecule has 0 saturated carbocycles. The Morgan fingerprint density at radius 3 is 1.32 bits per heavy atom. The number of nitrogens with zero attached hydrogens (tertiary/aromatic N) is 2. The topological polar surface area (TPSA) is 25.8 Å². The summed E-state index contributed by atoms with van der Waals surface area (Å²) in [5, 5.41) is 5.05. The molecule has 262 valence electrons. The molecular weight excluding hydrogens is 717 g/mol. The summed E-state index contributed by atoms with van der Waals surface area (Å²) in [6, 6.07) is 69.5. The Morgan fingerprint density at radius 2 is 0.732 bits per heavy atom. The highest BCUT2D eigenvalue weighted by molar-refractivity contribution is 7.26. The third kappa shape index (κ3) is 5.53. The number of benzene rings is 8.